The third-order valence-electron chi connectivity index (χ3n) is 6.49. The maximum atomic E-state index is 13.4. The number of nitrogens with zero attached hydrogens (tertiary/aromatic N) is 1. The molecule has 0 saturated heterocycles. The molecule has 218 valence electrons. The van der Waals surface area contributed by atoms with E-state index in [9.17, 15) is 14.4 Å². The number of para-hydroxylation sites is 2. The van der Waals surface area contributed by atoms with Crippen LogP contribution in [0, 0.1) is 0 Å². The van der Waals surface area contributed by atoms with E-state index < -0.39 is 11.8 Å². The van der Waals surface area contributed by atoms with Crippen LogP contribution in [0.1, 0.15) is 15.9 Å². The van der Waals surface area contributed by atoms with Gasteiger partial charge in [-0.25, -0.2) is 0 Å². The van der Waals surface area contributed by atoms with Crippen LogP contribution < -0.4 is 15.5 Å². The summed E-state index contributed by atoms with van der Waals surface area (Å²) < 4.78 is 0. The Morgan fingerprint density at radius 2 is 1.23 bits per heavy atom. The summed E-state index contributed by atoms with van der Waals surface area (Å²) in [6.45, 7) is 0. The lowest BCUT2D eigenvalue weighted by Crippen LogP contribution is -2.30. The summed E-state index contributed by atoms with van der Waals surface area (Å²) in [4.78, 5) is 42.2. The molecule has 0 aromatic heterocycles. The van der Waals surface area contributed by atoms with Crippen molar-refractivity contribution in [3.8, 4) is 0 Å². The van der Waals surface area contributed by atoms with Crippen LogP contribution in [-0.2, 0) is 9.59 Å². The topological polar surface area (TPSA) is 78.5 Å². The van der Waals surface area contributed by atoms with Gasteiger partial charge in [-0.3, -0.25) is 19.3 Å². The highest BCUT2D eigenvalue weighted by molar-refractivity contribution is 8.00. The first kappa shape index (κ1) is 30.4. The molecule has 0 fully saturated rings. The summed E-state index contributed by atoms with van der Waals surface area (Å²) >= 11 is 7.73. The molecule has 0 aliphatic carbocycles. The van der Waals surface area contributed by atoms with Gasteiger partial charge in [0.1, 0.15) is 5.70 Å². The molecule has 5 rings (SSSR count). The lowest BCUT2D eigenvalue weighted by Gasteiger charge is -2.23. The van der Waals surface area contributed by atoms with E-state index in [0.29, 0.717) is 21.8 Å². The minimum atomic E-state index is -0.508. The molecule has 0 saturated carbocycles. The van der Waals surface area contributed by atoms with Gasteiger partial charge in [-0.05, 0) is 78.4 Å². The molecule has 0 bridgehead atoms. The van der Waals surface area contributed by atoms with Gasteiger partial charge in [0, 0.05) is 32.5 Å². The summed E-state index contributed by atoms with van der Waals surface area (Å²) in [6, 6.07) is 41.9. The summed E-state index contributed by atoms with van der Waals surface area (Å²) in [6.07, 6.45) is 1.54. The molecule has 0 spiro atoms. The minimum absolute atomic E-state index is 0.0397. The Hall–Kier alpha value is -5.11. The van der Waals surface area contributed by atoms with E-state index in [-0.39, 0.29) is 17.4 Å². The highest BCUT2D eigenvalue weighted by Gasteiger charge is 2.19. The molecule has 3 amide bonds. The van der Waals surface area contributed by atoms with Crippen molar-refractivity contribution in [3.63, 3.8) is 0 Å². The predicted octanol–water partition coefficient (Wildman–Crippen LogP) is 8.21. The third-order valence-corrected chi connectivity index (χ3v) is 7.83. The zero-order valence-corrected chi connectivity index (χ0v) is 25.1. The molecule has 8 heteroatoms. The van der Waals surface area contributed by atoms with Crippen molar-refractivity contribution in [2.75, 3.05) is 16.0 Å². The Morgan fingerprint density at radius 1 is 0.682 bits per heavy atom. The summed E-state index contributed by atoms with van der Waals surface area (Å²) in [5.41, 5.74) is 3.16. The number of halogens is 1. The lowest BCUT2D eigenvalue weighted by atomic mass is 10.1. The Kier molecular flexibility index (Phi) is 10.3. The number of carbonyl (C=O) groups is 3. The number of hydrogen-bond acceptors (Lipinski definition) is 4. The van der Waals surface area contributed by atoms with Gasteiger partial charge in [0.2, 0.25) is 5.91 Å². The smallest absolute Gasteiger partial charge is 0.272 e. The van der Waals surface area contributed by atoms with Crippen LogP contribution >= 0.6 is 23.4 Å². The molecule has 5 aromatic carbocycles. The number of nitrogens with one attached hydrogen (secondary N) is 2. The molecule has 2 N–H and O–H groups in total. The lowest BCUT2D eigenvalue weighted by molar-refractivity contribution is -0.115. The molecule has 0 radical (unpaired) electrons. The average Bonchev–Trinajstić information content (AvgIpc) is 3.06. The summed E-state index contributed by atoms with van der Waals surface area (Å²) in [5, 5.41) is 6.00. The Bertz CT molecular complexity index is 1720. The molecule has 0 unspecified atom stereocenters. The standard InChI is InChI=1S/C36H28ClN3O3S/c37-32-19-11-10-14-27(32)24-33(39-35(42)26-12-4-1-5-13-26)36(43)38-28-20-22-31(23-21-28)44-25-34(41)40(29-15-6-2-7-16-29)30-17-8-3-9-18-30/h1-24H,25H2,(H,38,43)(H,39,42)/b33-24-. The quantitative estimate of drug-likeness (QED) is 0.122. The van der Waals surface area contributed by atoms with Crippen LogP contribution in [0.4, 0.5) is 17.1 Å². The Labute approximate surface area is 265 Å². The van der Waals surface area contributed by atoms with Gasteiger partial charge < -0.3 is 10.6 Å². The monoisotopic (exact) mass is 617 g/mol. The highest BCUT2D eigenvalue weighted by atomic mass is 35.5. The zero-order valence-electron chi connectivity index (χ0n) is 23.5. The van der Waals surface area contributed by atoms with E-state index in [1.165, 1.54) is 11.8 Å². The fourth-order valence-electron chi connectivity index (χ4n) is 4.32. The fourth-order valence-corrected chi connectivity index (χ4v) is 5.26. The first-order valence-corrected chi connectivity index (χ1v) is 15.1. The summed E-state index contributed by atoms with van der Waals surface area (Å²) in [7, 11) is 0. The van der Waals surface area contributed by atoms with Crippen molar-refractivity contribution in [2.45, 2.75) is 4.90 Å². The molecular weight excluding hydrogens is 590 g/mol. The second-order valence-corrected chi connectivity index (χ2v) is 11.0. The molecule has 0 atom stereocenters. The van der Waals surface area contributed by atoms with Crippen LogP contribution in [0.25, 0.3) is 6.08 Å². The van der Waals surface area contributed by atoms with E-state index in [2.05, 4.69) is 10.6 Å². The summed E-state index contributed by atoms with van der Waals surface area (Å²) in [5.74, 6) is -0.777. The number of thioether (sulfide) groups is 1. The van der Waals surface area contributed by atoms with Gasteiger partial charge in [-0.1, -0.05) is 84.4 Å². The number of benzene rings is 5. The van der Waals surface area contributed by atoms with E-state index in [4.69, 9.17) is 11.6 Å². The van der Waals surface area contributed by atoms with Crippen molar-refractivity contribution in [3.05, 3.63) is 161 Å². The minimum Gasteiger partial charge on any atom is -0.321 e. The van der Waals surface area contributed by atoms with Gasteiger partial charge in [0.05, 0.1) is 5.75 Å². The first-order valence-electron chi connectivity index (χ1n) is 13.8. The molecular formula is C36H28ClN3O3S. The van der Waals surface area contributed by atoms with Crippen molar-refractivity contribution in [2.24, 2.45) is 0 Å². The normalized spacial score (nSPS) is 11.0. The number of rotatable bonds is 10. The van der Waals surface area contributed by atoms with Crippen molar-refractivity contribution >= 4 is 64.2 Å². The van der Waals surface area contributed by atoms with E-state index in [1.54, 1.807) is 71.6 Å². The molecule has 5 aromatic rings. The number of hydrogen-bond donors (Lipinski definition) is 2. The van der Waals surface area contributed by atoms with Gasteiger partial charge in [0.15, 0.2) is 0 Å². The number of anilines is 3. The highest BCUT2D eigenvalue weighted by Crippen LogP contribution is 2.28. The SMILES string of the molecule is O=C(Nc1ccc(SCC(=O)N(c2ccccc2)c2ccccc2)cc1)/C(=C/c1ccccc1Cl)NC(=O)c1ccccc1. The molecule has 6 nitrogen and oxygen atoms in total. The molecule has 0 aliphatic heterocycles. The van der Waals surface area contributed by atoms with Crippen LogP contribution in [0.3, 0.4) is 0 Å². The van der Waals surface area contributed by atoms with Gasteiger partial charge >= 0.3 is 0 Å². The van der Waals surface area contributed by atoms with Crippen LogP contribution in [0.2, 0.25) is 5.02 Å². The van der Waals surface area contributed by atoms with Crippen molar-refractivity contribution in [1.29, 1.82) is 0 Å². The Morgan fingerprint density at radius 3 is 1.82 bits per heavy atom. The van der Waals surface area contributed by atoms with Gasteiger partial charge in [0.25, 0.3) is 11.8 Å². The van der Waals surface area contributed by atoms with Crippen molar-refractivity contribution in [1.82, 2.24) is 5.32 Å². The van der Waals surface area contributed by atoms with Crippen molar-refractivity contribution < 1.29 is 14.4 Å². The largest absolute Gasteiger partial charge is 0.321 e. The zero-order chi connectivity index (χ0) is 30.7. The molecule has 0 heterocycles. The van der Waals surface area contributed by atoms with E-state index in [1.807, 2.05) is 78.9 Å². The number of carbonyl (C=O) groups excluding carboxylic acids is 3. The van der Waals surface area contributed by atoms with Crippen LogP contribution in [-0.4, -0.2) is 23.5 Å². The second kappa shape index (κ2) is 14.9. The van der Waals surface area contributed by atoms with Gasteiger partial charge in [-0.2, -0.15) is 0 Å². The van der Waals surface area contributed by atoms with Crippen LogP contribution in [0.15, 0.2) is 150 Å². The average molecular weight is 618 g/mol. The maximum Gasteiger partial charge on any atom is 0.272 e. The fraction of sp³-hybridized carbons (Fsp3) is 0.0278. The second-order valence-electron chi connectivity index (χ2n) is 9.57. The first-order chi connectivity index (χ1) is 21.5. The molecule has 0 aliphatic rings. The van der Waals surface area contributed by atoms with Crippen LogP contribution in [0.5, 0.6) is 0 Å². The van der Waals surface area contributed by atoms with E-state index >= 15 is 0 Å². The predicted molar refractivity (Wildman–Crippen MR) is 179 cm³/mol. The number of amides is 3. The van der Waals surface area contributed by atoms with Gasteiger partial charge in [-0.15, -0.1) is 11.8 Å². The van der Waals surface area contributed by atoms with E-state index in [0.717, 1.165) is 16.3 Å². The Balaban J connectivity index is 1.27. The maximum absolute atomic E-state index is 13.4. The molecule has 44 heavy (non-hydrogen) atoms. The third kappa shape index (κ3) is 8.04.